The van der Waals surface area contributed by atoms with E-state index in [1.807, 2.05) is 6.92 Å². The summed E-state index contributed by atoms with van der Waals surface area (Å²) in [4.78, 5) is 35.3. The number of aryl methyl sites for hydroxylation is 1. The highest BCUT2D eigenvalue weighted by Gasteiger charge is 2.33. The number of alkyl halides is 3. The molecule has 3 aromatic heterocycles. The average molecular weight is 494 g/mol. The van der Waals surface area contributed by atoms with Gasteiger partial charge in [0.25, 0.3) is 5.56 Å². The standard InChI is InChI=1S/C21H25F3N8O3/c1-13(32-15-9-27-28-20(34)19(15)14(2)29-32)12-35-8-3-18(33)31-6-4-30(5-7-31)17-11-25-16(10-26-17)21(22,23)24/h9-11,13H,3-8,12H2,1-2H3,(H,28,34). The SMILES string of the molecule is Cc1nn(C(C)COCCC(=O)N2CCN(c3cnc(C(F)(F)F)cn3)CC2)c2cn[nH]c(=O)c12. The van der Waals surface area contributed by atoms with E-state index in [0.717, 1.165) is 6.20 Å². The Balaban J connectivity index is 1.22. The monoisotopic (exact) mass is 494 g/mol. The van der Waals surface area contributed by atoms with Crippen LogP contribution in [0.2, 0.25) is 0 Å². The minimum absolute atomic E-state index is 0.0630. The molecular weight excluding hydrogens is 469 g/mol. The second-order valence-electron chi connectivity index (χ2n) is 8.29. The molecule has 1 N–H and O–H groups in total. The van der Waals surface area contributed by atoms with Crippen LogP contribution in [-0.2, 0) is 15.7 Å². The summed E-state index contributed by atoms with van der Waals surface area (Å²) < 4.78 is 45.3. The molecule has 0 radical (unpaired) electrons. The van der Waals surface area contributed by atoms with Crippen molar-refractivity contribution in [2.75, 3.05) is 44.3 Å². The Bertz CT molecular complexity index is 1230. The third-order valence-electron chi connectivity index (χ3n) is 5.82. The minimum atomic E-state index is -4.53. The molecule has 0 bridgehead atoms. The highest BCUT2D eigenvalue weighted by molar-refractivity contribution is 5.79. The molecule has 0 aliphatic carbocycles. The normalized spacial score (nSPS) is 15.6. The van der Waals surface area contributed by atoms with Crippen molar-refractivity contribution in [1.82, 2.24) is 34.8 Å². The fourth-order valence-corrected chi connectivity index (χ4v) is 3.97. The van der Waals surface area contributed by atoms with Crippen molar-refractivity contribution in [2.24, 2.45) is 0 Å². The van der Waals surface area contributed by atoms with Gasteiger partial charge >= 0.3 is 6.18 Å². The first-order valence-corrected chi connectivity index (χ1v) is 11.1. The Labute approximate surface area is 197 Å². The number of hydrogen-bond donors (Lipinski definition) is 1. The second-order valence-corrected chi connectivity index (χ2v) is 8.29. The maximum atomic E-state index is 12.6. The molecule has 1 saturated heterocycles. The van der Waals surface area contributed by atoms with Gasteiger partial charge in [-0.3, -0.25) is 14.3 Å². The van der Waals surface area contributed by atoms with Crippen molar-refractivity contribution < 1.29 is 22.7 Å². The van der Waals surface area contributed by atoms with Crippen LogP contribution in [0.4, 0.5) is 19.0 Å². The number of aromatic amines is 1. The maximum Gasteiger partial charge on any atom is 0.434 e. The Morgan fingerprint density at radius 2 is 1.91 bits per heavy atom. The highest BCUT2D eigenvalue weighted by Crippen LogP contribution is 2.27. The molecule has 4 heterocycles. The van der Waals surface area contributed by atoms with E-state index in [1.54, 1.807) is 27.6 Å². The molecular formula is C21H25F3N8O3. The Morgan fingerprint density at radius 3 is 2.57 bits per heavy atom. The summed E-state index contributed by atoms with van der Waals surface area (Å²) in [6.45, 7) is 5.94. The number of carbonyl (C=O) groups excluding carboxylic acids is 1. The van der Waals surface area contributed by atoms with Crippen LogP contribution in [0, 0.1) is 6.92 Å². The first-order chi connectivity index (χ1) is 16.6. The summed E-state index contributed by atoms with van der Waals surface area (Å²) in [6.07, 6.45) is -0.962. The van der Waals surface area contributed by atoms with Crippen molar-refractivity contribution in [3.8, 4) is 0 Å². The number of hydrogen-bond acceptors (Lipinski definition) is 8. The fraction of sp³-hybridized carbons (Fsp3) is 0.524. The molecule has 4 rings (SSSR count). The lowest BCUT2D eigenvalue weighted by Gasteiger charge is -2.35. The van der Waals surface area contributed by atoms with Gasteiger partial charge < -0.3 is 14.5 Å². The van der Waals surface area contributed by atoms with E-state index in [9.17, 15) is 22.8 Å². The summed E-state index contributed by atoms with van der Waals surface area (Å²) in [7, 11) is 0. The average Bonchev–Trinajstić information content (AvgIpc) is 3.19. The van der Waals surface area contributed by atoms with E-state index >= 15 is 0 Å². The number of rotatable bonds is 7. The van der Waals surface area contributed by atoms with E-state index in [-0.39, 0.29) is 30.5 Å². The molecule has 14 heteroatoms. The summed E-state index contributed by atoms with van der Waals surface area (Å²) in [6, 6.07) is -0.168. The van der Waals surface area contributed by atoms with E-state index in [2.05, 4.69) is 25.3 Å². The molecule has 1 fully saturated rings. The smallest absolute Gasteiger partial charge is 0.379 e. The number of fused-ring (bicyclic) bond motifs is 1. The number of nitrogens with one attached hydrogen (secondary N) is 1. The number of halogens is 3. The summed E-state index contributed by atoms with van der Waals surface area (Å²) >= 11 is 0. The maximum absolute atomic E-state index is 12.6. The topological polar surface area (TPSA) is 122 Å². The molecule has 35 heavy (non-hydrogen) atoms. The van der Waals surface area contributed by atoms with Crippen molar-refractivity contribution in [3.63, 3.8) is 0 Å². The van der Waals surface area contributed by atoms with Gasteiger partial charge in [-0.15, -0.1) is 0 Å². The van der Waals surface area contributed by atoms with E-state index in [4.69, 9.17) is 4.74 Å². The zero-order valence-corrected chi connectivity index (χ0v) is 19.2. The van der Waals surface area contributed by atoms with Crippen molar-refractivity contribution >= 4 is 22.6 Å². The molecule has 188 valence electrons. The van der Waals surface area contributed by atoms with Crippen molar-refractivity contribution in [2.45, 2.75) is 32.5 Å². The van der Waals surface area contributed by atoms with Gasteiger partial charge in [0.05, 0.1) is 60.9 Å². The van der Waals surface area contributed by atoms with Gasteiger partial charge in [-0.2, -0.15) is 23.4 Å². The third-order valence-corrected chi connectivity index (χ3v) is 5.82. The van der Waals surface area contributed by atoms with Crippen LogP contribution >= 0.6 is 0 Å². The van der Waals surface area contributed by atoms with E-state index in [1.165, 1.54) is 0 Å². The predicted octanol–water partition coefficient (Wildman–Crippen LogP) is 1.55. The van der Waals surface area contributed by atoms with Crippen LogP contribution in [0.1, 0.15) is 30.8 Å². The molecule has 1 unspecified atom stereocenters. The van der Waals surface area contributed by atoms with Gasteiger partial charge in [0.2, 0.25) is 5.91 Å². The summed E-state index contributed by atoms with van der Waals surface area (Å²) in [5.41, 5.74) is -0.109. The molecule has 11 nitrogen and oxygen atoms in total. The molecule has 1 aliphatic heterocycles. The van der Waals surface area contributed by atoms with Crippen LogP contribution in [0.15, 0.2) is 23.4 Å². The minimum Gasteiger partial charge on any atom is -0.379 e. The van der Waals surface area contributed by atoms with Crippen LogP contribution in [0.25, 0.3) is 10.9 Å². The van der Waals surface area contributed by atoms with Crippen molar-refractivity contribution in [3.05, 3.63) is 40.3 Å². The number of nitrogens with zero attached hydrogens (tertiary/aromatic N) is 7. The number of anilines is 1. The lowest BCUT2D eigenvalue weighted by atomic mass is 10.2. The second kappa shape index (κ2) is 9.98. The van der Waals surface area contributed by atoms with E-state index in [0.29, 0.717) is 61.4 Å². The first kappa shape index (κ1) is 24.6. The molecule has 1 aliphatic rings. The lowest BCUT2D eigenvalue weighted by Crippen LogP contribution is -2.49. The molecule has 0 saturated carbocycles. The third kappa shape index (κ3) is 5.42. The quantitative estimate of drug-likeness (QED) is 0.491. The lowest BCUT2D eigenvalue weighted by molar-refractivity contribution is -0.141. The molecule has 0 spiro atoms. The van der Waals surface area contributed by atoms with E-state index < -0.39 is 11.9 Å². The van der Waals surface area contributed by atoms with Crippen LogP contribution < -0.4 is 10.5 Å². The molecule has 1 amide bonds. The van der Waals surface area contributed by atoms with Gasteiger partial charge in [0, 0.05) is 26.2 Å². The van der Waals surface area contributed by atoms with Crippen molar-refractivity contribution in [1.29, 1.82) is 0 Å². The molecule has 1 atom stereocenters. The summed E-state index contributed by atoms with van der Waals surface area (Å²) in [5, 5.41) is 11.1. The number of H-pyrrole nitrogens is 1. The Kier molecular flexibility index (Phi) is 7.00. The zero-order valence-electron chi connectivity index (χ0n) is 19.2. The predicted molar refractivity (Wildman–Crippen MR) is 119 cm³/mol. The highest BCUT2D eigenvalue weighted by atomic mass is 19.4. The summed E-state index contributed by atoms with van der Waals surface area (Å²) in [5.74, 6) is 0.285. The number of carbonyl (C=O) groups is 1. The first-order valence-electron chi connectivity index (χ1n) is 11.1. The van der Waals surface area contributed by atoms with Gasteiger partial charge in [0.1, 0.15) is 5.82 Å². The van der Waals surface area contributed by atoms with Crippen LogP contribution in [0.5, 0.6) is 0 Å². The van der Waals surface area contributed by atoms with Gasteiger partial charge in [-0.05, 0) is 13.8 Å². The Morgan fingerprint density at radius 1 is 1.17 bits per heavy atom. The number of ether oxygens (including phenoxy) is 1. The van der Waals surface area contributed by atoms with Crippen LogP contribution in [-0.4, -0.2) is 80.1 Å². The number of piperazine rings is 1. The van der Waals surface area contributed by atoms with Gasteiger partial charge in [-0.25, -0.2) is 15.1 Å². The zero-order chi connectivity index (χ0) is 25.2. The number of aromatic nitrogens is 6. The molecule has 3 aromatic rings. The number of amides is 1. The van der Waals surface area contributed by atoms with Gasteiger partial charge in [0.15, 0.2) is 5.69 Å². The fourth-order valence-electron chi connectivity index (χ4n) is 3.97. The Hall–Kier alpha value is -3.55. The van der Waals surface area contributed by atoms with Crippen LogP contribution in [0.3, 0.4) is 0 Å². The largest absolute Gasteiger partial charge is 0.434 e. The molecule has 0 aromatic carbocycles. The van der Waals surface area contributed by atoms with Gasteiger partial charge in [-0.1, -0.05) is 0 Å².